The lowest BCUT2D eigenvalue weighted by atomic mass is 9.87. The first-order chi connectivity index (χ1) is 14.8. The number of methoxy groups -OCH3 is 1. The summed E-state index contributed by atoms with van der Waals surface area (Å²) in [7, 11) is 1.55. The van der Waals surface area contributed by atoms with E-state index in [1.807, 2.05) is 41.8 Å². The minimum atomic E-state index is -0.387. The number of amides is 2. The van der Waals surface area contributed by atoms with Gasteiger partial charge in [-0.1, -0.05) is 45.0 Å². The molecule has 0 bridgehead atoms. The molecule has 0 saturated heterocycles. The van der Waals surface area contributed by atoms with E-state index in [0.29, 0.717) is 17.0 Å². The van der Waals surface area contributed by atoms with Crippen molar-refractivity contribution in [2.45, 2.75) is 26.2 Å². The summed E-state index contributed by atoms with van der Waals surface area (Å²) in [4.78, 5) is 28.7. The topological polar surface area (TPSA) is 58.6 Å². The number of carbonyl (C=O) groups is 2. The first kappa shape index (κ1) is 20.9. The molecule has 5 nitrogen and oxygen atoms in total. The second-order valence-electron chi connectivity index (χ2n) is 8.33. The van der Waals surface area contributed by atoms with Crippen LogP contribution in [0.1, 0.15) is 31.2 Å². The number of rotatable bonds is 5. The summed E-state index contributed by atoms with van der Waals surface area (Å²) in [5, 5.41) is 5.10. The molecule has 2 heterocycles. The Hall–Kier alpha value is -3.38. The number of carbonyl (C=O) groups excluding carboxylic acids is 2. The Morgan fingerprint density at radius 1 is 0.935 bits per heavy atom. The van der Waals surface area contributed by atoms with E-state index in [2.05, 4.69) is 26.1 Å². The summed E-state index contributed by atoms with van der Waals surface area (Å²) in [5.74, 6) is -0.161. The zero-order valence-corrected chi connectivity index (χ0v) is 18.7. The summed E-state index contributed by atoms with van der Waals surface area (Å²) in [6, 6.07) is 18.6. The van der Waals surface area contributed by atoms with E-state index in [0.717, 1.165) is 10.6 Å². The smallest absolute Gasteiger partial charge is 0.282 e. The fraction of sp³-hybridized carbons (Fsp3) is 0.200. The first-order valence-corrected chi connectivity index (χ1v) is 10.9. The van der Waals surface area contributed by atoms with Crippen LogP contribution < -0.4 is 15.0 Å². The van der Waals surface area contributed by atoms with Gasteiger partial charge in [0.2, 0.25) is 0 Å². The largest absolute Gasteiger partial charge is 0.497 e. The van der Waals surface area contributed by atoms with Crippen LogP contribution in [0.5, 0.6) is 5.75 Å². The molecule has 1 N–H and O–H groups in total. The van der Waals surface area contributed by atoms with E-state index in [1.54, 1.807) is 31.4 Å². The highest BCUT2D eigenvalue weighted by molar-refractivity contribution is 7.11. The molecule has 0 unspecified atom stereocenters. The molecule has 0 aliphatic carbocycles. The minimum absolute atomic E-state index is 0.0300. The van der Waals surface area contributed by atoms with Crippen LogP contribution in [0.25, 0.3) is 5.57 Å². The van der Waals surface area contributed by atoms with Crippen molar-refractivity contribution in [1.82, 2.24) is 0 Å². The highest BCUT2D eigenvalue weighted by Gasteiger charge is 2.40. The molecule has 1 aliphatic heterocycles. The molecule has 1 aromatic heterocycles. The van der Waals surface area contributed by atoms with Crippen LogP contribution in [0.3, 0.4) is 0 Å². The molecular weight excluding hydrogens is 408 g/mol. The monoisotopic (exact) mass is 432 g/mol. The lowest BCUT2D eigenvalue weighted by Gasteiger charge is -2.19. The number of nitrogens with zero attached hydrogens (tertiary/aromatic N) is 1. The van der Waals surface area contributed by atoms with Crippen molar-refractivity contribution < 1.29 is 14.3 Å². The Morgan fingerprint density at radius 3 is 2.29 bits per heavy atom. The van der Waals surface area contributed by atoms with Crippen molar-refractivity contribution in [1.29, 1.82) is 0 Å². The van der Waals surface area contributed by atoms with E-state index in [9.17, 15) is 9.59 Å². The first-order valence-electron chi connectivity index (χ1n) is 9.98. The van der Waals surface area contributed by atoms with Crippen LogP contribution in [0, 0.1) is 0 Å². The molecule has 6 heteroatoms. The maximum absolute atomic E-state index is 13.4. The van der Waals surface area contributed by atoms with Crippen molar-refractivity contribution in [3.63, 3.8) is 0 Å². The second kappa shape index (κ2) is 8.04. The third kappa shape index (κ3) is 3.99. The van der Waals surface area contributed by atoms with Gasteiger partial charge in [0.15, 0.2) is 0 Å². The van der Waals surface area contributed by atoms with Gasteiger partial charge in [-0.3, -0.25) is 9.59 Å². The molecule has 2 aromatic carbocycles. The van der Waals surface area contributed by atoms with Gasteiger partial charge in [0.05, 0.1) is 18.4 Å². The normalized spacial score (nSPS) is 14.4. The fourth-order valence-electron chi connectivity index (χ4n) is 3.48. The highest BCUT2D eigenvalue weighted by atomic mass is 32.1. The van der Waals surface area contributed by atoms with E-state index in [1.165, 1.54) is 21.8 Å². The molecular formula is C25H24N2O3S. The predicted molar refractivity (Wildman–Crippen MR) is 125 cm³/mol. The van der Waals surface area contributed by atoms with Crippen molar-refractivity contribution in [2.75, 3.05) is 17.3 Å². The van der Waals surface area contributed by atoms with E-state index >= 15 is 0 Å². The zero-order valence-electron chi connectivity index (χ0n) is 17.9. The molecule has 0 radical (unpaired) electrons. The molecule has 3 aromatic rings. The standard InChI is InChI=1S/C25H24N2O3S/c1-25(2,3)16-10-12-17(13-11-16)26-22-21(20-9-6-14-31-20)23(28)27(24(22)29)18-7-5-8-19(15-18)30-4/h5-15,26H,1-4H3. The van der Waals surface area contributed by atoms with Gasteiger partial charge < -0.3 is 10.1 Å². The van der Waals surface area contributed by atoms with Gasteiger partial charge in [-0.15, -0.1) is 11.3 Å². The summed E-state index contributed by atoms with van der Waals surface area (Å²) < 4.78 is 5.27. The van der Waals surface area contributed by atoms with Crippen molar-refractivity contribution >= 4 is 40.1 Å². The number of benzene rings is 2. The van der Waals surface area contributed by atoms with Gasteiger partial charge in [0, 0.05) is 16.6 Å². The van der Waals surface area contributed by atoms with Gasteiger partial charge in [0.25, 0.3) is 11.8 Å². The number of hydrogen-bond donors (Lipinski definition) is 1. The summed E-state index contributed by atoms with van der Waals surface area (Å²) in [6.45, 7) is 6.45. The molecule has 1 aliphatic rings. The third-order valence-electron chi connectivity index (χ3n) is 5.18. The van der Waals surface area contributed by atoms with Crippen LogP contribution in [0.15, 0.2) is 71.7 Å². The van der Waals surface area contributed by atoms with Gasteiger partial charge in [-0.05, 0) is 46.7 Å². The maximum Gasteiger partial charge on any atom is 0.282 e. The van der Waals surface area contributed by atoms with Crippen molar-refractivity contribution in [2.24, 2.45) is 0 Å². The molecule has 31 heavy (non-hydrogen) atoms. The summed E-state index contributed by atoms with van der Waals surface area (Å²) >= 11 is 1.43. The van der Waals surface area contributed by atoms with Crippen LogP contribution >= 0.6 is 11.3 Å². The quantitative estimate of drug-likeness (QED) is 0.545. The molecule has 0 fully saturated rings. The second-order valence-corrected chi connectivity index (χ2v) is 9.27. The average Bonchev–Trinajstić information content (AvgIpc) is 3.35. The van der Waals surface area contributed by atoms with Gasteiger partial charge in [0.1, 0.15) is 11.4 Å². The number of hydrogen-bond acceptors (Lipinski definition) is 5. The van der Waals surface area contributed by atoms with Crippen LogP contribution in [-0.2, 0) is 15.0 Å². The van der Waals surface area contributed by atoms with Crippen molar-refractivity contribution in [3.8, 4) is 5.75 Å². The lowest BCUT2D eigenvalue weighted by Crippen LogP contribution is -2.32. The number of imide groups is 1. The minimum Gasteiger partial charge on any atom is -0.497 e. The van der Waals surface area contributed by atoms with E-state index in [4.69, 9.17) is 4.74 Å². The molecule has 4 rings (SSSR count). The Morgan fingerprint density at radius 2 is 1.68 bits per heavy atom. The van der Waals surface area contributed by atoms with Crippen LogP contribution in [0.2, 0.25) is 0 Å². The fourth-order valence-corrected chi connectivity index (χ4v) is 4.25. The van der Waals surface area contributed by atoms with Gasteiger partial charge >= 0.3 is 0 Å². The molecule has 0 saturated carbocycles. The van der Waals surface area contributed by atoms with Gasteiger partial charge in [-0.25, -0.2) is 4.90 Å². The Balaban J connectivity index is 1.74. The number of ether oxygens (including phenoxy) is 1. The molecule has 0 atom stereocenters. The molecule has 158 valence electrons. The molecule has 0 spiro atoms. The summed E-state index contributed by atoms with van der Waals surface area (Å²) in [5.41, 5.74) is 3.11. The SMILES string of the molecule is COc1cccc(N2C(=O)C(Nc3ccc(C(C)(C)C)cc3)=C(c3cccs3)C2=O)c1. The average molecular weight is 433 g/mol. The number of nitrogens with one attached hydrogen (secondary N) is 1. The zero-order chi connectivity index (χ0) is 22.2. The van der Waals surface area contributed by atoms with Crippen molar-refractivity contribution in [3.05, 3.63) is 82.2 Å². The summed E-state index contributed by atoms with van der Waals surface area (Å²) in [6.07, 6.45) is 0. The van der Waals surface area contributed by atoms with E-state index in [-0.39, 0.29) is 22.9 Å². The van der Waals surface area contributed by atoms with E-state index < -0.39 is 0 Å². The number of anilines is 2. The lowest BCUT2D eigenvalue weighted by molar-refractivity contribution is -0.120. The maximum atomic E-state index is 13.4. The highest BCUT2D eigenvalue weighted by Crippen LogP contribution is 2.36. The molecule has 2 amide bonds. The predicted octanol–water partition coefficient (Wildman–Crippen LogP) is 5.45. The Bertz CT molecular complexity index is 1160. The Labute approximate surface area is 186 Å². The Kier molecular flexibility index (Phi) is 5.41. The van der Waals surface area contributed by atoms with Crippen LogP contribution in [0.4, 0.5) is 11.4 Å². The van der Waals surface area contributed by atoms with Gasteiger partial charge in [-0.2, -0.15) is 0 Å². The van der Waals surface area contributed by atoms with Crippen LogP contribution in [-0.4, -0.2) is 18.9 Å². The third-order valence-corrected chi connectivity index (χ3v) is 6.07. The number of thiophene rings is 1.